The van der Waals surface area contributed by atoms with Crippen LogP contribution in [0.2, 0.25) is 0 Å². The highest BCUT2D eigenvalue weighted by Gasteiger charge is 2.32. The largest absolute Gasteiger partial charge is 0.381 e. The van der Waals surface area contributed by atoms with Crippen molar-refractivity contribution in [2.24, 2.45) is 16.2 Å². The van der Waals surface area contributed by atoms with E-state index in [9.17, 15) is 0 Å². The zero-order valence-corrected chi connectivity index (χ0v) is 12.0. The van der Waals surface area contributed by atoms with Crippen molar-refractivity contribution in [2.45, 2.75) is 61.8 Å². The van der Waals surface area contributed by atoms with E-state index in [4.69, 9.17) is 4.74 Å². The summed E-state index contributed by atoms with van der Waals surface area (Å²) in [4.78, 5) is 0. The lowest BCUT2D eigenvalue weighted by Gasteiger charge is -2.39. The van der Waals surface area contributed by atoms with E-state index < -0.39 is 0 Å². The van der Waals surface area contributed by atoms with Crippen LogP contribution in [0.1, 0.15) is 61.8 Å². The fourth-order valence-corrected chi connectivity index (χ4v) is 1.08. The lowest BCUT2D eigenvalue weighted by atomic mass is 9.67. The number of hydrogen-bond acceptors (Lipinski definition) is 1. The Labute approximate surface area is 96.6 Å². The third-order valence-electron chi connectivity index (χ3n) is 3.44. The predicted octanol–water partition coefficient (Wildman–Crippen LogP) is 4.51. The number of rotatable bonds is 4. The second kappa shape index (κ2) is 4.86. The van der Waals surface area contributed by atoms with Crippen LogP contribution in [0.3, 0.4) is 0 Å². The van der Waals surface area contributed by atoms with Gasteiger partial charge in [-0.15, -0.1) is 0 Å². The average Bonchev–Trinajstić information content (AvgIpc) is 1.94. The van der Waals surface area contributed by atoms with Gasteiger partial charge in [-0.3, -0.25) is 0 Å². The molecule has 0 aliphatic heterocycles. The molecule has 0 rings (SSSR count). The summed E-state index contributed by atoms with van der Waals surface area (Å²) in [6, 6.07) is 0. The molecule has 0 amide bonds. The van der Waals surface area contributed by atoms with Gasteiger partial charge in [-0.1, -0.05) is 55.4 Å². The third kappa shape index (κ3) is 6.19. The Kier molecular flexibility index (Phi) is 4.85. The Hall–Kier alpha value is -0.0400. The highest BCUT2D eigenvalue weighted by Crippen LogP contribution is 2.40. The van der Waals surface area contributed by atoms with Gasteiger partial charge >= 0.3 is 0 Å². The first-order valence-corrected chi connectivity index (χ1v) is 6.03. The lowest BCUT2D eigenvalue weighted by Crippen LogP contribution is -2.31. The molecule has 0 saturated carbocycles. The van der Waals surface area contributed by atoms with Gasteiger partial charge in [-0.25, -0.2) is 0 Å². The van der Waals surface area contributed by atoms with Crippen LogP contribution >= 0.6 is 0 Å². The van der Waals surface area contributed by atoms with Gasteiger partial charge in [0.15, 0.2) is 0 Å². The molecule has 92 valence electrons. The minimum absolute atomic E-state index is 0.284. The van der Waals surface area contributed by atoms with Crippen LogP contribution in [0.5, 0.6) is 0 Å². The van der Waals surface area contributed by atoms with Gasteiger partial charge in [0.25, 0.3) is 0 Å². The molecule has 0 fully saturated rings. The Bertz CT molecular complexity index is 178. The van der Waals surface area contributed by atoms with Crippen molar-refractivity contribution < 1.29 is 4.74 Å². The van der Waals surface area contributed by atoms with Gasteiger partial charge in [0.2, 0.25) is 0 Å². The van der Waals surface area contributed by atoms with Gasteiger partial charge in [0.1, 0.15) is 0 Å². The Morgan fingerprint density at radius 1 is 0.800 bits per heavy atom. The third-order valence-corrected chi connectivity index (χ3v) is 3.44. The van der Waals surface area contributed by atoms with Gasteiger partial charge in [0.05, 0.1) is 6.61 Å². The molecule has 0 aliphatic rings. The molecule has 0 heterocycles. The van der Waals surface area contributed by atoms with E-state index in [1.807, 2.05) is 0 Å². The maximum atomic E-state index is 5.73. The molecular weight excluding hydrogens is 184 g/mol. The Balaban J connectivity index is 3.87. The average molecular weight is 214 g/mol. The van der Waals surface area contributed by atoms with Crippen molar-refractivity contribution in [3.8, 4) is 0 Å². The molecule has 0 aromatic carbocycles. The molecule has 0 bridgehead atoms. The first kappa shape index (κ1) is 15.0. The zero-order chi connectivity index (χ0) is 12.3. The minimum atomic E-state index is 0.284. The summed E-state index contributed by atoms with van der Waals surface area (Å²) >= 11 is 0. The SMILES string of the molecule is CC(C)(C)COCCC(C)(C)C(C)(C)C. The Morgan fingerprint density at radius 3 is 1.60 bits per heavy atom. The van der Waals surface area contributed by atoms with Crippen molar-refractivity contribution in [2.75, 3.05) is 13.2 Å². The van der Waals surface area contributed by atoms with Crippen molar-refractivity contribution in [3.05, 3.63) is 0 Å². The monoisotopic (exact) mass is 214 g/mol. The second-order valence-corrected chi connectivity index (χ2v) is 7.50. The quantitative estimate of drug-likeness (QED) is 0.626. The molecule has 15 heavy (non-hydrogen) atoms. The lowest BCUT2D eigenvalue weighted by molar-refractivity contribution is 0.0254. The summed E-state index contributed by atoms with van der Waals surface area (Å²) in [5, 5.41) is 0. The first-order chi connectivity index (χ1) is 6.46. The van der Waals surface area contributed by atoms with Gasteiger partial charge in [-0.2, -0.15) is 0 Å². The summed E-state index contributed by atoms with van der Waals surface area (Å²) in [5.41, 5.74) is 0.967. The maximum absolute atomic E-state index is 5.73. The minimum Gasteiger partial charge on any atom is -0.381 e. The van der Waals surface area contributed by atoms with Crippen molar-refractivity contribution in [1.29, 1.82) is 0 Å². The number of hydrogen-bond donors (Lipinski definition) is 0. The summed E-state index contributed by atoms with van der Waals surface area (Å²) in [5.74, 6) is 0. The molecule has 0 aromatic heterocycles. The number of ether oxygens (including phenoxy) is 1. The maximum Gasteiger partial charge on any atom is 0.0514 e. The van der Waals surface area contributed by atoms with Crippen LogP contribution in [0.25, 0.3) is 0 Å². The smallest absolute Gasteiger partial charge is 0.0514 e. The molecule has 1 heteroatoms. The van der Waals surface area contributed by atoms with Crippen molar-refractivity contribution in [1.82, 2.24) is 0 Å². The van der Waals surface area contributed by atoms with Crippen LogP contribution in [-0.2, 0) is 4.74 Å². The van der Waals surface area contributed by atoms with Gasteiger partial charge < -0.3 is 4.74 Å². The second-order valence-electron chi connectivity index (χ2n) is 7.50. The van der Waals surface area contributed by atoms with Crippen molar-refractivity contribution >= 4 is 0 Å². The highest BCUT2D eigenvalue weighted by atomic mass is 16.5. The standard InChI is InChI=1S/C14H30O/c1-12(2,3)11-15-10-9-14(7,8)13(4,5)6/h9-11H2,1-8H3. The zero-order valence-electron chi connectivity index (χ0n) is 12.0. The molecule has 0 saturated heterocycles. The normalized spacial score (nSPS) is 14.4. The fourth-order valence-electron chi connectivity index (χ4n) is 1.08. The Morgan fingerprint density at radius 2 is 1.27 bits per heavy atom. The van der Waals surface area contributed by atoms with Gasteiger partial charge in [-0.05, 0) is 22.7 Å². The van der Waals surface area contributed by atoms with Crippen LogP contribution in [0, 0.1) is 16.2 Å². The van der Waals surface area contributed by atoms with E-state index in [-0.39, 0.29) is 5.41 Å². The van der Waals surface area contributed by atoms with E-state index in [0.717, 1.165) is 19.6 Å². The summed E-state index contributed by atoms with van der Waals surface area (Å²) in [6.45, 7) is 19.9. The molecule has 0 aromatic rings. The molecular formula is C14H30O. The van der Waals surface area contributed by atoms with Crippen LogP contribution < -0.4 is 0 Å². The summed E-state index contributed by atoms with van der Waals surface area (Å²) < 4.78 is 5.73. The topological polar surface area (TPSA) is 9.23 Å². The van der Waals surface area contributed by atoms with E-state index >= 15 is 0 Å². The molecule has 0 unspecified atom stereocenters. The molecule has 0 radical (unpaired) electrons. The highest BCUT2D eigenvalue weighted by molar-refractivity contribution is 4.82. The molecule has 1 nitrogen and oxygen atoms in total. The van der Waals surface area contributed by atoms with Gasteiger partial charge in [0, 0.05) is 6.61 Å². The first-order valence-electron chi connectivity index (χ1n) is 6.03. The van der Waals surface area contributed by atoms with E-state index in [2.05, 4.69) is 55.4 Å². The van der Waals surface area contributed by atoms with Crippen LogP contribution in [0.15, 0.2) is 0 Å². The van der Waals surface area contributed by atoms with Crippen LogP contribution in [-0.4, -0.2) is 13.2 Å². The van der Waals surface area contributed by atoms with E-state index in [1.165, 1.54) is 0 Å². The predicted molar refractivity (Wildman–Crippen MR) is 68.1 cm³/mol. The van der Waals surface area contributed by atoms with Crippen LogP contribution in [0.4, 0.5) is 0 Å². The molecule has 0 aliphatic carbocycles. The van der Waals surface area contributed by atoms with Crippen molar-refractivity contribution in [3.63, 3.8) is 0 Å². The molecule has 0 spiro atoms. The fraction of sp³-hybridized carbons (Fsp3) is 1.00. The summed E-state index contributed by atoms with van der Waals surface area (Å²) in [6.07, 6.45) is 1.13. The summed E-state index contributed by atoms with van der Waals surface area (Å²) in [7, 11) is 0. The van der Waals surface area contributed by atoms with E-state index in [1.54, 1.807) is 0 Å². The van der Waals surface area contributed by atoms with E-state index in [0.29, 0.717) is 10.8 Å². The molecule has 0 N–H and O–H groups in total. The molecule has 0 atom stereocenters.